The largest absolute Gasteiger partial charge is 0.448 e. The lowest BCUT2D eigenvalue weighted by Crippen LogP contribution is -2.45. The van der Waals surface area contributed by atoms with E-state index >= 15 is 0 Å². The molecule has 0 aliphatic carbocycles. The molecule has 0 fully saturated rings. The van der Waals surface area contributed by atoms with Gasteiger partial charge in [0.15, 0.2) is 6.10 Å². The van der Waals surface area contributed by atoms with Gasteiger partial charge in [0.2, 0.25) is 0 Å². The maximum atomic E-state index is 12.4. The van der Waals surface area contributed by atoms with E-state index in [9.17, 15) is 19.6 Å². The Balaban J connectivity index is 3.13. The molecule has 0 unspecified atom stereocenters. The maximum absolute atomic E-state index is 12.4. The number of imide groups is 1. The van der Waals surface area contributed by atoms with Crippen LogP contribution in [0.1, 0.15) is 44.6 Å². The summed E-state index contributed by atoms with van der Waals surface area (Å²) >= 11 is 0. The van der Waals surface area contributed by atoms with Crippen LogP contribution in [0.2, 0.25) is 0 Å². The van der Waals surface area contributed by atoms with E-state index in [1.54, 1.807) is 13.8 Å². The third-order valence-electron chi connectivity index (χ3n) is 4.15. The highest BCUT2D eigenvalue weighted by Gasteiger charge is 2.29. The zero-order valence-electron chi connectivity index (χ0n) is 17.2. The minimum Gasteiger partial charge on any atom is -0.448 e. The molecule has 8 heteroatoms. The van der Waals surface area contributed by atoms with Gasteiger partial charge in [-0.3, -0.25) is 10.1 Å². The van der Waals surface area contributed by atoms with Crippen LogP contribution in [0, 0.1) is 37.0 Å². The first-order valence-electron chi connectivity index (χ1n) is 9.07. The Morgan fingerprint density at radius 2 is 1.89 bits per heavy atom. The van der Waals surface area contributed by atoms with Crippen molar-refractivity contribution in [3.05, 3.63) is 28.6 Å². The van der Waals surface area contributed by atoms with Gasteiger partial charge < -0.3 is 15.0 Å². The summed E-state index contributed by atoms with van der Waals surface area (Å²) < 4.78 is 7.30. The van der Waals surface area contributed by atoms with E-state index in [0.29, 0.717) is 5.92 Å². The molecule has 0 aliphatic heterocycles. The minimum atomic E-state index is -1.25. The quantitative estimate of drug-likeness (QED) is 0.421. The van der Waals surface area contributed by atoms with Gasteiger partial charge in [0.1, 0.15) is 11.6 Å². The molecule has 0 saturated carbocycles. The van der Waals surface area contributed by atoms with Crippen molar-refractivity contribution in [3.63, 3.8) is 0 Å². The molecule has 3 N–H and O–H groups in total. The zero-order chi connectivity index (χ0) is 21.6. The van der Waals surface area contributed by atoms with E-state index in [1.165, 1.54) is 6.08 Å². The number of nitrogens with one attached hydrogen (secondary N) is 1. The number of nitrogens with zero attached hydrogens (tertiary/aromatic N) is 2. The lowest BCUT2D eigenvalue weighted by Gasteiger charge is -2.19. The molecule has 8 nitrogen and oxygen atoms in total. The highest BCUT2D eigenvalue weighted by atomic mass is 16.5. The molecule has 1 atom stereocenters. The van der Waals surface area contributed by atoms with Gasteiger partial charge in [-0.25, -0.2) is 9.59 Å². The second kappa shape index (κ2) is 9.74. The Morgan fingerprint density at radius 3 is 2.36 bits per heavy atom. The van der Waals surface area contributed by atoms with Gasteiger partial charge in [0.05, 0.1) is 0 Å². The fourth-order valence-electron chi connectivity index (χ4n) is 2.78. The van der Waals surface area contributed by atoms with Crippen molar-refractivity contribution in [3.8, 4) is 6.07 Å². The number of aryl methyl sites for hydroxylation is 1. The van der Waals surface area contributed by atoms with E-state index in [4.69, 9.17) is 10.5 Å². The topological polar surface area (TPSA) is 127 Å². The molecule has 0 saturated heterocycles. The number of esters is 1. The van der Waals surface area contributed by atoms with E-state index in [2.05, 4.69) is 18.4 Å². The number of carbonyl (C=O) groups is 3. The maximum Gasteiger partial charge on any atom is 0.349 e. The molecule has 1 rings (SSSR count). The van der Waals surface area contributed by atoms with Gasteiger partial charge in [-0.1, -0.05) is 27.7 Å². The summed E-state index contributed by atoms with van der Waals surface area (Å²) in [7, 11) is 0. The van der Waals surface area contributed by atoms with Crippen LogP contribution in [0.15, 0.2) is 11.6 Å². The van der Waals surface area contributed by atoms with Gasteiger partial charge in [-0.05, 0) is 43.4 Å². The first kappa shape index (κ1) is 23.0. The molecular weight excluding hydrogens is 360 g/mol. The monoisotopic (exact) mass is 388 g/mol. The molecule has 0 radical (unpaired) electrons. The van der Waals surface area contributed by atoms with E-state index in [1.807, 2.05) is 31.3 Å². The number of urea groups is 1. The molecule has 1 aromatic heterocycles. The van der Waals surface area contributed by atoms with Gasteiger partial charge in [0, 0.05) is 17.9 Å². The lowest BCUT2D eigenvalue weighted by atomic mass is 10.1. The van der Waals surface area contributed by atoms with Crippen molar-refractivity contribution in [2.24, 2.45) is 17.6 Å². The number of primary amides is 1. The summed E-state index contributed by atoms with van der Waals surface area (Å²) in [6.45, 7) is 12.2. The second-order valence-corrected chi connectivity index (χ2v) is 7.42. The smallest absolute Gasteiger partial charge is 0.349 e. The Kier molecular flexibility index (Phi) is 7.99. The normalized spacial score (nSPS) is 12.6. The number of ether oxygens (including phenoxy) is 1. The average molecular weight is 388 g/mol. The number of hydrogen-bond donors (Lipinski definition) is 2. The first-order valence-corrected chi connectivity index (χ1v) is 9.07. The van der Waals surface area contributed by atoms with Crippen molar-refractivity contribution in [1.82, 2.24) is 9.88 Å². The summed E-state index contributed by atoms with van der Waals surface area (Å²) in [6.07, 6.45) is 0.204. The first-order chi connectivity index (χ1) is 13.0. The zero-order valence-corrected chi connectivity index (χ0v) is 17.2. The van der Waals surface area contributed by atoms with Crippen LogP contribution < -0.4 is 11.1 Å². The van der Waals surface area contributed by atoms with Gasteiger partial charge in [0.25, 0.3) is 5.91 Å². The highest BCUT2D eigenvalue weighted by Crippen LogP contribution is 2.20. The van der Waals surface area contributed by atoms with Crippen LogP contribution in [-0.4, -0.2) is 28.6 Å². The number of hydrogen-bond acceptors (Lipinski definition) is 5. The fourth-order valence-corrected chi connectivity index (χ4v) is 2.78. The molecule has 1 heterocycles. The third kappa shape index (κ3) is 5.98. The summed E-state index contributed by atoms with van der Waals surface area (Å²) in [6, 6.07) is 2.67. The highest BCUT2D eigenvalue weighted by molar-refractivity contribution is 6.01. The number of rotatable bonds is 7. The predicted octanol–water partition coefficient (Wildman–Crippen LogP) is 2.43. The van der Waals surface area contributed by atoms with Crippen LogP contribution >= 0.6 is 0 Å². The average Bonchev–Trinajstić information content (AvgIpc) is 2.83. The van der Waals surface area contributed by atoms with Crippen LogP contribution in [0.5, 0.6) is 0 Å². The van der Waals surface area contributed by atoms with Crippen LogP contribution in [0.4, 0.5) is 4.79 Å². The molecular formula is C20H28N4O4. The number of aromatic nitrogens is 1. The SMILES string of the molecule is Cc1cc(/C=C(\C#N)C(=O)O[C@@H](C(=O)NC(N)=O)C(C)C)c(C)n1CC(C)C. The number of nitrogens with two attached hydrogens (primary N) is 1. The Bertz CT molecular complexity index is 828. The van der Waals surface area contributed by atoms with Crippen molar-refractivity contribution in [2.45, 2.75) is 54.2 Å². The van der Waals surface area contributed by atoms with Crippen molar-refractivity contribution in [1.29, 1.82) is 5.26 Å². The number of nitriles is 1. The Morgan fingerprint density at radius 1 is 1.29 bits per heavy atom. The lowest BCUT2D eigenvalue weighted by molar-refractivity contribution is -0.154. The molecule has 152 valence electrons. The fraction of sp³-hybridized carbons (Fsp3) is 0.500. The van der Waals surface area contributed by atoms with Gasteiger partial charge in [-0.2, -0.15) is 5.26 Å². The molecule has 1 aromatic rings. The van der Waals surface area contributed by atoms with Crippen LogP contribution in [-0.2, 0) is 20.9 Å². The van der Waals surface area contributed by atoms with Crippen molar-refractivity contribution < 1.29 is 19.1 Å². The predicted molar refractivity (Wildman–Crippen MR) is 105 cm³/mol. The van der Waals surface area contributed by atoms with Crippen LogP contribution in [0.25, 0.3) is 6.08 Å². The van der Waals surface area contributed by atoms with E-state index < -0.39 is 29.9 Å². The van der Waals surface area contributed by atoms with Gasteiger partial charge in [-0.15, -0.1) is 0 Å². The van der Waals surface area contributed by atoms with Gasteiger partial charge >= 0.3 is 12.0 Å². The van der Waals surface area contributed by atoms with E-state index in [-0.39, 0.29) is 5.57 Å². The molecule has 3 amide bonds. The molecule has 0 aromatic carbocycles. The second-order valence-electron chi connectivity index (χ2n) is 7.42. The molecule has 0 bridgehead atoms. The molecule has 0 aliphatic rings. The Hall–Kier alpha value is -3.08. The molecule has 0 spiro atoms. The third-order valence-corrected chi connectivity index (χ3v) is 4.15. The van der Waals surface area contributed by atoms with Crippen molar-refractivity contribution in [2.75, 3.05) is 0 Å². The van der Waals surface area contributed by atoms with Crippen LogP contribution in [0.3, 0.4) is 0 Å². The minimum absolute atomic E-state index is 0.234. The summed E-state index contributed by atoms with van der Waals surface area (Å²) in [4.78, 5) is 35.3. The number of carbonyl (C=O) groups excluding carboxylic acids is 3. The Labute approximate surface area is 165 Å². The summed E-state index contributed by atoms with van der Waals surface area (Å²) in [5.74, 6) is -1.74. The molecule has 28 heavy (non-hydrogen) atoms. The summed E-state index contributed by atoms with van der Waals surface area (Å²) in [5.41, 5.74) is 7.38. The van der Waals surface area contributed by atoms with Crippen molar-refractivity contribution >= 4 is 24.0 Å². The standard InChI is InChI=1S/C20H28N4O4/c1-11(2)10-24-13(5)7-15(14(24)6)8-16(9-21)19(26)28-17(12(3)4)18(25)23-20(22)27/h7-8,11-12,17H,10H2,1-6H3,(H3,22,23,25,27)/b16-8+/t17-/m1/s1. The number of amides is 3. The summed E-state index contributed by atoms with van der Waals surface area (Å²) in [5, 5.41) is 11.3. The van der Waals surface area contributed by atoms with E-state index in [0.717, 1.165) is 23.5 Å².